The van der Waals surface area contributed by atoms with E-state index in [9.17, 15) is 0 Å². The van der Waals surface area contributed by atoms with Crippen LogP contribution in [0.1, 0.15) is 17.7 Å². The van der Waals surface area contributed by atoms with E-state index in [-0.39, 0.29) is 0 Å². The van der Waals surface area contributed by atoms with Gasteiger partial charge in [0.05, 0.1) is 4.34 Å². The fourth-order valence-corrected chi connectivity index (χ4v) is 3.36. The smallest absolute Gasteiger partial charge is 0.0931 e. The van der Waals surface area contributed by atoms with Gasteiger partial charge in [0, 0.05) is 17.5 Å². The third kappa shape index (κ3) is 2.53. The molecule has 2 N–H and O–H groups in total. The third-order valence-electron chi connectivity index (χ3n) is 3.28. The largest absolute Gasteiger partial charge is 0.330 e. The Morgan fingerprint density at radius 1 is 1.53 bits per heavy atom. The minimum atomic E-state index is 0.677. The highest BCUT2D eigenvalue weighted by atomic mass is 35.5. The summed E-state index contributed by atoms with van der Waals surface area (Å²) in [5.41, 5.74) is 5.71. The number of hydrogen-bond acceptors (Lipinski definition) is 3. The number of thiophene rings is 1. The van der Waals surface area contributed by atoms with E-state index >= 15 is 0 Å². The molecule has 0 saturated heterocycles. The first kappa shape index (κ1) is 11.4. The van der Waals surface area contributed by atoms with Crippen molar-refractivity contribution in [2.45, 2.75) is 25.4 Å². The Bertz CT molecular complexity index is 324. The van der Waals surface area contributed by atoms with Gasteiger partial charge in [-0.25, -0.2) is 0 Å². The quantitative estimate of drug-likeness (QED) is 0.882. The Kier molecular flexibility index (Phi) is 3.67. The summed E-state index contributed by atoms with van der Waals surface area (Å²) in [7, 11) is 2.18. The van der Waals surface area contributed by atoms with E-state index in [4.69, 9.17) is 17.3 Å². The van der Waals surface area contributed by atoms with Gasteiger partial charge in [-0.15, -0.1) is 11.3 Å². The van der Waals surface area contributed by atoms with Crippen LogP contribution in [0.3, 0.4) is 0 Å². The van der Waals surface area contributed by atoms with Crippen LogP contribution in [-0.2, 0) is 6.54 Å². The zero-order valence-electron chi connectivity index (χ0n) is 8.95. The lowest BCUT2D eigenvalue weighted by Crippen LogP contribution is -2.47. The number of halogens is 1. The average molecular weight is 245 g/mol. The van der Waals surface area contributed by atoms with Crippen molar-refractivity contribution in [3.63, 3.8) is 0 Å². The molecule has 0 aliphatic heterocycles. The number of hydrogen-bond donors (Lipinski definition) is 1. The van der Waals surface area contributed by atoms with Gasteiger partial charge in [0.2, 0.25) is 0 Å². The maximum Gasteiger partial charge on any atom is 0.0931 e. The van der Waals surface area contributed by atoms with Crippen LogP contribution in [0.15, 0.2) is 12.1 Å². The SMILES string of the molecule is CN(Cc1ccc(Cl)s1)C1CCC1CN. The van der Waals surface area contributed by atoms with Gasteiger partial charge in [-0.2, -0.15) is 0 Å². The third-order valence-corrected chi connectivity index (χ3v) is 4.50. The first-order valence-electron chi connectivity index (χ1n) is 5.35. The fourth-order valence-electron chi connectivity index (χ4n) is 2.21. The van der Waals surface area contributed by atoms with Crippen molar-refractivity contribution in [2.75, 3.05) is 13.6 Å². The molecule has 1 fully saturated rings. The van der Waals surface area contributed by atoms with Crippen molar-refractivity contribution in [3.05, 3.63) is 21.3 Å². The lowest BCUT2D eigenvalue weighted by atomic mass is 9.79. The fraction of sp³-hybridized carbons (Fsp3) is 0.636. The Morgan fingerprint density at radius 3 is 2.80 bits per heavy atom. The minimum Gasteiger partial charge on any atom is -0.330 e. The highest BCUT2D eigenvalue weighted by Crippen LogP contribution is 2.32. The maximum absolute atomic E-state index is 5.91. The maximum atomic E-state index is 5.91. The molecule has 1 aromatic heterocycles. The summed E-state index contributed by atoms with van der Waals surface area (Å²) in [6.45, 7) is 1.82. The predicted octanol–water partition coefficient (Wildman–Crippen LogP) is 2.57. The molecule has 2 unspecified atom stereocenters. The summed E-state index contributed by atoms with van der Waals surface area (Å²) in [4.78, 5) is 3.74. The van der Waals surface area contributed by atoms with E-state index in [0.29, 0.717) is 12.0 Å². The molecule has 0 amide bonds. The summed E-state index contributed by atoms with van der Waals surface area (Å²) in [6.07, 6.45) is 2.58. The monoisotopic (exact) mass is 244 g/mol. The van der Waals surface area contributed by atoms with Crippen LogP contribution < -0.4 is 5.73 Å². The summed E-state index contributed by atoms with van der Waals surface area (Å²) in [6, 6.07) is 4.76. The Hall–Kier alpha value is -0.0900. The van der Waals surface area contributed by atoms with Crippen molar-refractivity contribution in [3.8, 4) is 0 Å². The van der Waals surface area contributed by atoms with Crippen molar-refractivity contribution >= 4 is 22.9 Å². The molecule has 84 valence electrons. The highest BCUT2D eigenvalue weighted by Gasteiger charge is 2.32. The molecule has 1 saturated carbocycles. The molecule has 2 rings (SSSR count). The second kappa shape index (κ2) is 4.83. The van der Waals surface area contributed by atoms with Gasteiger partial charge in [-0.3, -0.25) is 4.90 Å². The normalized spacial score (nSPS) is 25.6. The summed E-state index contributed by atoms with van der Waals surface area (Å²) >= 11 is 7.58. The second-order valence-electron chi connectivity index (χ2n) is 4.26. The Balaban J connectivity index is 1.89. The molecule has 0 bridgehead atoms. The molecule has 1 aromatic rings. The van der Waals surface area contributed by atoms with E-state index < -0.39 is 0 Å². The molecule has 2 atom stereocenters. The number of rotatable bonds is 4. The van der Waals surface area contributed by atoms with E-state index in [1.165, 1.54) is 17.7 Å². The molecule has 0 spiro atoms. The van der Waals surface area contributed by atoms with E-state index in [1.54, 1.807) is 11.3 Å². The molecule has 2 nitrogen and oxygen atoms in total. The molecular weight excluding hydrogens is 228 g/mol. The Morgan fingerprint density at radius 2 is 2.33 bits per heavy atom. The number of nitrogens with two attached hydrogens (primary N) is 1. The zero-order chi connectivity index (χ0) is 10.8. The van der Waals surface area contributed by atoms with Crippen LogP contribution in [0.25, 0.3) is 0 Å². The molecule has 0 radical (unpaired) electrons. The molecule has 1 heterocycles. The van der Waals surface area contributed by atoms with Crippen molar-refractivity contribution in [1.82, 2.24) is 4.90 Å². The van der Waals surface area contributed by atoms with Gasteiger partial charge in [-0.05, 0) is 44.5 Å². The highest BCUT2D eigenvalue weighted by molar-refractivity contribution is 7.16. The van der Waals surface area contributed by atoms with Crippen molar-refractivity contribution in [2.24, 2.45) is 11.7 Å². The van der Waals surface area contributed by atoms with Crippen LogP contribution in [0.5, 0.6) is 0 Å². The van der Waals surface area contributed by atoms with Crippen LogP contribution in [0, 0.1) is 5.92 Å². The first-order chi connectivity index (χ1) is 7.20. The van der Waals surface area contributed by atoms with Gasteiger partial charge in [0.15, 0.2) is 0 Å². The van der Waals surface area contributed by atoms with E-state index in [0.717, 1.165) is 17.4 Å². The number of nitrogens with zero attached hydrogens (tertiary/aromatic N) is 1. The summed E-state index contributed by atoms with van der Waals surface area (Å²) in [5.74, 6) is 0.699. The van der Waals surface area contributed by atoms with Crippen LogP contribution >= 0.6 is 22.9 Å². The standard InChI is InChI=1S/C11H17ClN2S/c1-14(10-4-2-8(10)6-13)7-9-3-5-11(12)15-9/h3,5,8,10H,2,4,6-7,13H2,1H3. The molecule has 15 heavy (non-hydrogen) atoms. The average Bonchev–Trinajstić information content (AvgIpc) is 2.49. The zero-order valence-corrected chi connectivity index (χ0v) is 10.5. The minimum absolute atomic E-state index is 0.677. The topological polar surface area (TPSA) is 29.3 Å². The van der Waals surface area contributed by atoms with E-state index in [1.807, 2.05) is 6.07 Å². The second-order valence-corrected chi connectivity index (χ2v) is 6.06. The van der Waals surface area contributed by atoms with Crippen LogP contribution in [0.4, 0.5) is 0 Å². The van der Waals surface area contributed by atoms with Gasteiger partial charge in [-0.1, -0.05) is 11.6 Å². The van der Waals surface area contributed by atoms with Crippen molar-refractivity contribution < 1.29 is 0 Å². The molecule has 1 aliphatic rings. The summed E-state index contributed by atoms with van der Waals surface area (Å²) in [5, 5.41) is 0. The van der Waals surface area contributed by atoms with Crippen LogP contribution in [0.2, 0.25) is 4.34 Å². The van der Waals surface area contributed by atoms with Gasteiger partial charge in [0.25, 0.3) is 0 Å². The lowest BCUT2D eigenvalue weighted by molar-refractivity contribution is 0.0846. The van der Waals surface area contributed by atoms with Gasteiger partial charge in [0.1, 0.15) is 0 Å². The molecular formula is C11H17ClN2S. The van der Waals surface area contributed by atoms with Gasteiger partial charge < -0.3 is 5.73 Å². The lowest BCUT2D eigenvalue weighted by Gasteiger charge is -2.42. The molecule has 1 aliphatic carbocycles. The molecule has 4 heteroatoms. The first-order valence-corrected chi connectivity index (χ1v) is 6.54. The van der Waals surface area contributed by atoms with Crippen molar-refractivity contribution in [1.29, 1.82) is 0 Å². The van der Waals surface area contributed by atoms with Crippen LogP contribution in [-0.4, -0.2) is 24.5 Å². The predicted molar refractivity (Wildman–Crippen MR) is 66.4 cm³/mol. The summed E-state index contributed by atoms with van der Waals surface area (Å²) < 4.78 is 0.877. The van der Waals surface area contributed by atoms with E-state index in [2.05, 4.69) is 18.0 Å². The van der Waals surface area contributed by atoms with Gasteiger partial charge >= 0.3 is 0 Å². The Labute approximate surface area is 100 Å². The molecule has 0 aromatic carbocycles.